The van der Waals surface area contributed by atoms with E-state index < -0.39 is 5.97 Å². The van der Waals surface area contributed by atoms with Crippen molar-refractivity contribution in [2.75, 3.05) is 0 Å². The van der Waals surface area contributed by atoms with Crippen LogP contribution in [0.1, 0.15) is 16.1 Å². The lowest BCUT2D eigenvalue weighted by Crippen LogP contribution is -2.04. The van der Waals surface area contributed by atoms with Crippen LogP contribution in [0.15, 0.2) is 35.6 Å². The van der Waals surface area contributed by atoms with Crippen molar-refractivity contribution in [1.82, 2.24) is 9.97 Å². The molecule has 0 atom stereocenters. The van der Waals surface area contributed by atoms with E-state index in [1.807, 2.05) is 0 Å². The van der Waals surface area contributed by atoms with Gasteiger partial charge in [-0.2, -0.15) is 0 Å². The first kappa shape index (κ1) is 14.1. The van der Waals surface area contributed by atoms with Gasteiger partial charge in [-0.05, 0) is 18.2 Å². The second-order valence-electron chi connectivity index (χ2n) is 3.55. The predicted octanol–water partition coefficient (Wildman–Crippen LogP) is 3.77. The van der Waals surface area contributed by atoms with E-state index in [1.165, 1.54) is 24.3 Å². The van der Waals surface area contributed by atoms with E-state index in [-0.39, 0.29) is 5.56 Å². The van der Waals surface area contributed by atoms with Crippen LogP contribution in [0.3, 0.4) is 0 Å². The fraction of sp³-hybridized carbons (Fsp3) is 0.0833. The van der Waals surface area contributed by atoms with Gasteiger partial charge in [0.2, 0.25) is 0 Å². The number of rotatable bonds is 4. The van der Waals surface area contributed by atoms with Gasteiger partial charge >= 0.3 is 5.97 Å². The van der Waals surface area contributed by atoms with Crippen molar-refractivity contribution in [2.45, 2.75) is 10.6 Å². The van der Waals surface area contributed by atoms with E-state index in [1.54, 1.807) is 18.2 Å². The molecular formula is C12H8Cl2N2O2S. The summed E-state index contributed by atoms with van der Waals surface area (Å²) in [6, 6.07) is 5.13. The van der Waals surface area contributed by atoms with E-state index in [0.29, 0.717) is 21.5 Å². The molecule has 0 fully saturated rings. The van der Waals surface area contributed by atoms with Crippen molar-refractivity contribution in [2.24, 2.45) is 0 Å². The molecule has 1 heterocycles. The number of carbonyl (C=O) groups is 1. The molecule has 0 aliphatic rings. The van der Waals surface area contributed by atoms with Gasteiger partial charge in [0.25, 0.3) is 0 Å². The molecule has 0 amide bonds. The number of hydrogen-bond donors (Lipinski definition) is 1. The third-order valence-corrected chi connectivity index (χ3v) is 4.03. The summed E-state index contributed by atoms with van der Waals surface area (Å²) in [4.78, 5) is 19.5. The molecule has 7 heteroatoms. The second kappa shape index (κ2) is 6.23. The number of nitrogens with zero attached hydrogens (tertiary/aromatic N) is 2. The molecule has 1 aromatic carbocycles. The fourth-order valence-corrected chi connectivity index (χ4v) is 2.84. The van der Waals surface area contributed by atoms with Gasteiger partial charge in [0.05, 0.1) is 10.7 Å². The summed E-state index contributed by atoms with van der Waals surface area (Å²) in [6.07, 6.45) is 2.60. The third kappa shape index (κ3) is 3.59. The van der Waals surface area contributed by atoms with Gasteiger partial charge in [-0.15, -0.1) is 11.8 Å². The van der Waals surface area contributed by atoms with Gasteiger partial charge in [0.1, 0.15) is 11.9 Å². The van der Waals surface area contributed by atoms with Gasteiger partial charge < -0.3 is 5.11 Å². The van der Waals surface area contributed by atoms with E-state index in [9.17, 15) is 4.79 Å². The topological polar surface area (TPSA) is 63.1 Å². The Kier molecular flexibility index (Phi) is 4.63. The quantitative estimate of drug-likeness (QED) is 0.870. The van der Waals surface area contributed by atoms with Crippen LogP contribution < -0.4 is 0 Å². The molecule has 0 saturated carbocycles. The lowest BCUT2D eigenvalue weighted by Gasteiger charge is -2.06. The Labute approximate surface area is 123 Å². The van der Waals surface area contributed by atoms with Crippen LogP contribution in [0.5, 0.6) is 0 Å². The number of carboxylic acid groups (broad SMARTS) is 1. The second-order valence-corrected chi connectivity index (χ2v) is 5.41. The number of hydrogen-bond acceptors (Lipinski definition) is 4. The highest BCUT2D eigenvalue weighted by Crippen LogP contribution is 2.32. The number of thioether (sulfide) groups is 1. The Bertz CT molecular complexity index is 622. The average molecular weight is 315 g/mol. The van der Waals surface area contributed by atoms with Crippen LogP contribution in [0, 0.1) is 0 Å². The Balaban J connectivity index is 2.19. The van der Waals surface area contributed by atoms with Crippen LogP contribution >= 0.6 is 35.0 Å². The van der Waals surface area contributed by atoms with Crippen LogP contribution in [-0.4, -0.2) is 21.0 Å². The van der Waals surface area contributed by atoms with E-state index in [2.05, 4.69) is 9.97 Å². The number of halogens is 2. The molecule has 0 radical (unpaired) electrons. The average Bonchev–Trinajstić information content (AvgIpc) is 2.40. The van der Waals surface area contributed by atoms with Gasteiger partial charge in [-0.1, -0.05) is 23.2 Å². The monoisotopic (exact) mass is 314 g/mol. The highest BCUT2D eigenvalue weighted by atomic mass is 35.5. The van der Waals surface area contributed by atoms with Crippen molar-refractivity contribution in [1.29, 1.82) is 0 Å². The number of aromatic nitrogens is 2. The zero-order chi connectivity index (χ0) is 13.8. The Morgan fingerprint density at radius 2 is 2.16 bits per heavy atom. The van der Waals surface area contributed by atoms with Gasteiger partial charge in [0, 0.05) is 21.9 Å². The lowest BCUT2D eigenvalue weighted by atomic mass is 10.2. The zero-order valence-corrected chi connectivity index (χ0v) is 11.8. The largest absolute Gasteiger partial charge is 0.478 e. The zero-order valence-electron chi connectivity index (χ0n) is 9.51. The van der Waals surface area contributed by atoms with E-state index in [0.717, 1.165) is 4.90 Å². The lowest BCUT2D eigenvalue weighted by molar-refractivity contribution is 0.0695. The minimum absolute atomic E-state index is 0.0909. The molecule has 2 aromatic rings. The maximum atomic E-state index is 11.0. The van der Waals surface area contributed by atoms with Crippen molar-refractivity contribution < 1.29 is 9.90 Å². The summed E-state index contributed by atoms with van der Waals surface area (Å²) >= 11 is 13.3. The molecule has 0 aliphatic carbocycles. The minimum atomic E-state index is -1.05. The molecule has 0 aliphatic heterocycles. The molecule has 0 unspecified atom stereocenters. The highest BCUT2D eigenvalue weighted by Gasteiger charge is 2.12. The summed E-state index contributed by atoms with van der Waals surface area (Å²) < 4.78 is 0. The Morgan fingerprint density at radius 3 is 2.89 bits per heavy atom. The normalized spacial score (nSPS) is 10.4. The molecule has 98 valence electrons. The Hall–Kier alpha value is -1.30. The number of benzene rings is 1. The fourth-order valence-electron chi connectivity index (χ4n) is 1.38. The summed E-state index contributed by atoms with van der Waals surface area (Å²) in [7, 11) is 0. The third-order valence-electron chi connectivity index (χ3n) is 2.28. The van der Waals surface area contributed by atoms with Crippen LogP contribution in [-0.2, 0) is 5.75 Å². The first-order valence-corrected chi connectivity index (χ1v) is 6.92. The molecule has 2 rings (SSSR count). The molecule has 19 heavy (non-hydrogen) atoms. The van der Waals surface area contributed by atoms with Crippen LogP contribution in [0.25, 0.3) is 0 Å². The summed E-state index contributed by atoms with van der Waals surface area (Å²) in [5.74, 6) is -0.669. The smallest absolute Gasteiger partial charge is 0.339 e. The van der Waals surface area contributed by atoms with Crippen molar-refractivity contribution in [3.05, 3.63) is 52.0 Å². The van der Waals surface area contributed by atoms with Crippen molar-refractivity contribution >= 4 is 40.9 Å². The first-order valence-electron chi connectivity index (χ1n) is 5.18. The summed E-state index contributed by atoms with van der Waals surface area (Å²) in [6.45, 7) is 0. The molecule has 1 aromatic heterocycles. The van der Waals surface area contributed by atoms with Crippen LogP contribution in [0.2, 0.25) is 10.0 Å². The highest BCUT2D eigenvalue weighted by molar-refractivity contribution is 7.98. The van der Waals surface area contributed by atoms with Crippen molar-refractivity contribution in [3.8, 4) is 0 Å². The number of aromatic carboxylic acids is 1. The summed E-state index contributed by atoms with van der Waals surface area (Å²) in [5, 5.41) is 10.2. The Morgan fingerprint density at radius 1 is 1.37 bits per heavy atom. The van der Waals surface area contributed by atoms with E-state index >= 15 is 0 Å². The molecular weight excluding hydrogens is 307 g/mol. The summed E-state index contributed by atoms with van der Waals surface area (Å²) in [5.41, 5.74) is 0.539. The molecule has 0 spiro atoms. The molecule has 0 saturated heterocycles. The predicted molar refractivity (Wildman–Crippen MR) is 75.0 cm³/mol. The van der Waals surface area contributed by atoms with E-state index in [4.69, 9.17) is 28.3 Å². The number of carboxylic acids is 1. The van der Waals surface area contributed by atoms with Gasteiger partial charge in [0.15, 0.2) is 0 Å². The minimum Gasteiger partial charge on any atom is -0.478 e. The molecule has 4 nitrogen and oxygen atoms in total. The van der Waals surface area contributed by atoms with Gasteiger partial charge in [-0.25, -0.2) is 14.8 Å². The molecule has 1 N–H and O–H groups in total. The standard InChI is InChI=1S/C12H8Cl2N2O2S/c13-7-1-2-9(14)11(3-7)19-5-10-8(12(17)18)4-15-6-16-10/h1-4,6H,5H2,(H,17,18). The van der Waals surface area contributed by atoms with Crippen LogP contribution in [0.4, 0.5) is 0 Å². The maximum absolute atomic E-state index is 11.0. The van der Waals surface area contributed by atoms with Gasteiger partial charge in [-0.3, -0.25) is 0 Å². The first-order chi connectivity index (χ1) is 9.08. The van der Waals surface area contributed by atoms with Crippen molar-refractivity contribution in [3.63, 3.8) is 0 Å². The maximum Gasteiger partial charge on any atom is 0.339 e. The SMILES string of the molecule is O=C(O)c1cncnc1CSc1cc(Cl)ccc1Cl. The molecule has 0 bridgehead atoms.